The monoisotopic (exact) mass is 467 g/mol. The van der Waals surface area contributed by atoms with Gasteiger partial charge in [0.05, 0.1) is 19.9 Å². The Balaban J connectivity index is 1.72. The van der Waals surface area contributed by atoms with E-state index in [1.165, 1.54) is 24.4 Å². The molecule has 1 aliphatic heterocycles. The van der Waals surface area contributed by atoms with Gasteiger partial charge in [-0.25, -0.2) is 4.99 Å². The number of rotatable bonds is 9. The van der Waals surface area contributed by atoms with E-state index in [9.17, 15) is 9.59 Å². The number of methoxy groups -OCH3 is 2. The van der Waals surface area contributed by atoms with Crippen molar-refractivity contribution in [2.24, 2.45) is 4.99 Å². The molecule has 7 nitrogen and oxygen atoms in total. The maximum atomic E-state index is 13.0. The average Bonchev–Trinajstić information content (AvgIpc) is 3.08. The standard InChI is InChI=1S/C25H29N3O4S/c1-6-13-28-24(30)22(33-25(28)27-18-9-7-17(8-10-18)16(2)3)15-23(29)26-19-11-12-20(31-4)21(14-19)32-5/h6-12,14,16,22H,1,13,15H2,2-5H3,(H,26,29). The Bertz CT molecular complexity index is 1050. The van der Waals surface area contributed by atoms with Crippen molar-refractivity contribution in [2.75, 3.05) is 26.1 Å². The van der Waals surface area contributed by atoms with Crippen molar-refractivity contribution < 1.29 is 19.1 Å². The highest BCUT2D eigenvalue weighted by atomic mass is 32.2. The number of hydrogen-bond acceptors (Lipinski definition) is 6. The number of nitrogens with zero attached hydrogens (tertiary/aromatic N) is 2. The Labute approximate surface area is 198 Å². The molecule has 8 heteroatoms. The van der Waals surface area contributed by atoms with E-state index < -0.39 is 5.25 Å². The van der Waals surface area contributed by atoms with Crippen molar-refractivity contribution in [3.8, 4) is 11.5 Å². The van der Waals surface area contributed by atoms with E-state index in [0.717, 1.165) is 5.69 Å². The fourth-order valence-electron chi connectivity index (χ4n) is 3.36. The zero-order valence-electron chi connectivity index (χ0n) is 19.3. The molecule has 2 aromatic rings. The lowest BCUT2D eigenvalue weighted by atomic mass is 10.0. The van der Waals surface area contributed by atoms with Crippen molar-refractivity contribution in [1.82, 2.24) is 4.90 Å². The summed E-state index contributed by atoms with van der Waals surface area (Å²) in [4.78, 5) is 31.9. The van der Waals surface area contributed by atoms with Gasteiger partial charge in [0.1, 0.15) is 5.25 Å². The number of ether oxygens (including phenoxy) is 2. The number of amides is 2. The van der Waals surface area contributed by atoms with E-state index in [-0.39, 0.29) is 18.2 Å². The van der Waals surface area contributed by atoms with Crippen molar-refractivity contribution in [3.63, 3.8) is 0 Å². The molecule has 1 atom stereocenters. The van der Waals surface area contributed by atoms with Crippen LogP contribution in [0, 0.1) is 0 Å². The molecule has 2 amide bonds. The molecule has 3 rings (SSSR count). The molecule has 0 aromatic heterocycles. The number of thioether (sulfide) groups is 1. The molecule has 1 aliphatic rings. The molecule has 33 heavy (non-hydrogen) atoms. The SMILES string of the molecule is C=CCN1C(=O)C(CC(=O)Nc2ccc(OC)c(OC)c2)SC1=Nc1ccc(C(C)C)cc1. The fourth-order valence-corrected chi connectivity index (χ4v) is 4.53. The van der Waals surface area contributed by atoms with E-state index in [0.29, 0.717) is 34.8 Å². The summed E-state index contributed by atoms with van der Waals surface area (Å²) in [6.07, 6.45) is 1.68. The van der Waals surface area contributed by atoms with Gasteiger partial charge in [0.2, 0.25) is 11.8 Å². The number of aliphatic imine (C=N–C) groups is 1. The first-order valence-corrected chi connectivity index (χ1v) is 11.5. The average molecular weight is 468 g/mol. The number of anilines is 1. The summed E-state index contributed by atoms with van der Waals surface area (Å²) in [5, 5.41) is 2.84. The summed E-state index contributed by atoms with van der Waals surface area (Å²) in [5.74, 6) is 1.09. The van der Waals surface area contributed by atoms with Gasteiger partial charge in [-0.2, -0.15) is 0 Å². The zero-order chi connectivity index (χ0) is 24.0. The van der Waals surface area contributed by atoms with Crippen LogP contribution in [-0.4, -0.2) is 47.9 Å². The lowest BCUT2D eigenvalue weighted by Crippen LogP contribution is -2.33. The van der Waals surface area contributed by atoms with Crippen LogP contribution < -0.4 is 14.8 Å². The molecular formula is C25H29N3O4S. The molecular weight excluding hydrogens is 438 g/mol. The number of amidine groups is 1. The highest BCUT2D eigenvalue weighted by molar-refractivity contribution is 8.15. The number of carbonyl (C=O) groups is 2. The highest BCUT2D eigenvalue weighted by Gasteiger charge is 2.38. The summed E-state index contributed by atoms with van der Waals surface area (Å²) >= 11 is 1.30. The molecule has 0 saturated carbocycles. The van der Waals surface area contributed by atoms with E-state index >= 15 is 0 Å². The van der Waals surface area contributed by atoms with Crippen LogP contribution in [-0.2, 0) is 9.59 Å². The molecule has 0 spiro atoms. The van der Waals surface area contributed by atoms with Crippen molar-refractivity contribution in [3.05, 3.63) is 60.7 Å². The van der Waals surface area contributed by atoms with Crippen LogP contribution in [0.5, 0.6) is 11.5 Å². The second-order valence-electron chi connectivity index (χ2n) is 7.81. The van der Waals surface area contributed by atoms with Gasteiger partial charge >= 0.3 is 0 Å². The third-order valence-corrected chi connectivity index (χ3v) is 6.33. The summed E-state index contributed by atoms with van der Waals surface area (Å²) in [6, 6.07) is 13.1. The number of hydrogen-bond donors (Lipinski definition) is 1. The van der Waals surface area contributed by atoms with Gasteiger partial charge < -0.3 is 14.8 Å². The lowest BCUT2D eigenvalue weighted by molar-refractivity contribution is -0.127. The first kappa shape index (κ1) is 24.4. The molecule has 0 bridgehead atoms. The third kappa shape index (κ3) is 5.96. The van der Waals surface area contributed by atoms with Crippen molar-refractivity contribution in [2.45, 2.75) is 31.4 Å². The Hall–Kier alpha value is -3.26. The van der Waals surface area contributed by atoms with Gasteiger partial charge in [-0.3, -0.25) is 14.5 Å². The number of benzene rings is 2. The topological polar surface area (TPSA) is 80.2 Å². The Kier molecular flexibility index (Phi) is 8.16. The van der Waals surface area contributed by atoms with Crippen LogP contribution in [0.4, 0.5) is 11.4 Å². The van der Waals surface area contributed by atoms with Gasteiger partial charge in [0.15, 0.2) is 16.7 Å². The second-order valence-corrected chi connectivity index (χ2v) is 8.98. The zero-order valence-corrected chi connectivity index (χ0v) is 20.1. The smallest absolute Gasteiger partial charge is 0.242 e. The van der Waals surface area contributed by atoms with E-state index in [2.05, 4.69) is 30.7 Å². The predicted molar refractivity (Wildman–Crippen MR) is 134 cm³/mol. The molecule has 1 N–H and O–H groups in total. The first-order valence-electron chi connectivity index (χ1n) is 10.7. The first-order chi connectivity index (χ1) is 15.9. The third-order valence-electron chi connectivity index (χ3n) is 5.15. The minimum Gasteiger partial charge on any atom is -0.493 e. The molecule has 174 valence electrons. The summed E-state index contributed by atoms with van der Waals surface area (Å²) in [6.45, 7) is 8.35. The van der Waals surface area contributed by atoms with Crippen molar-refractivity contribution >= 4 is 40.1 Å². The Morgan fingerprint density at radius 3 is 2.48 bits per heavy atom. The van der Waals surface area contributed by atoms with Crippen molar-refractivity contribution in [1.29, 1.82) is 0 Å². The summed E-state index contributed by atoms with van der Waals surface area (Å²) < 4.78 is 10.5. The summed E-state index contributed by atoms with van der Waals surface area (Å²) in [5.41, 5.74) is 2.55. The predicted octanol–water partition coefficient (Wildman–Crippen LogP) is 4.97. The Morgan fingerprint density at radius 1 is 1.18 bits per heavy atom. The fraction of sp³-hybridized carbons (Fsp3) is 0.320. The lowest BCUT2D eigenvalue weighted by Gasteiger charge is -2.14. The normalized spacial score (nSPS) is 16.9. The van der Waals surface area contributed by atoms with Crippen LogP contribution in [0.1, 0.15) is 31.7 Å². The van der Waals surface area contributed by atoms with Gasteiger partial charge in [0, 0.05) is 24.7 Å². The molecule has 2 aromatic carbocycles. The highest BCUT2D eigenvalue weighted by Crippen LogP contribution is 2.33. The van der Waals surface area contributed by atoms with Crippen LogP contribution in [0.2, 0.25) is 0 Å². The van der Waals surface area contributed by atoms with Crippen LogP contribution >= 0.6 is 11.8 Å². The number of carbonyl (C=O) groups excluding carboxylic acids is 2. The Morgan fingerprint density at radius 2 is 1.88 bits per heavy atom. The van der Waals surface area contributed by atoms with E-state index in [4.69, 9.17) is 9.47 Å². The molecule has 0 aliphatic carbocycles. The van der Waals surface area contributed by atoms with Gasteiger partial charge in [-0.1, -0.05) is 43.8 Å². The minimum atomic E-state index is -0.557. The maximum absolute atomic E-state index is 13.0. The molecule has 0 radical (unpaired) electrons. The molecule has 1 unspecified atom stereocenters. The molecule has 1 fully saturated rings. The van der Waals surface area contributed by atoms with Crippen LogP contribution in [0.25, 0.3) is 0 Å². The summed E-state index contributed by atoms with van der Waals surface area (Å²) in [7, 11) is 3.08. The van der Waals surface area contributed by atoms with Crippen LogP contribution in [0.15, 0.2) is 60.1 Å². The van der Waals surface area contributed by atoms with Gasteiger partial charge in [-0.05, 0) is 35.7 Å². The maximum Gasteiger partial charge on any atom is 0.242 e. The largest absolute Gasteiger partial charge is 0.493 e. The molecule has 1 heterocycles. The van der Waals surface area contributed by atoms with E-state index in [1.54, 1.807) is 36.3 Å². The number of nitrogens with one attached hydrogen (secondary N) is 1. The van der Waals surface area contributed by atoms with Gasteiger partial charge in [0.25, 0.3) is 0 Å². The van der Waals surface area contributed by atoms with Gasteiger partial charge in [-0.15, -0.1) is 6.58 Å². The quantitative estimate of drug-likeness (QED) is 0.527. The van der Waals surface area contributed by atoms with E-state index in [1.807, 2.05) is 24.3 Å². The minimum absolute atomic E-state index is 0.0246. The van der Waals surface area contributed by atoms with Crippen LogP contribution in [0.3, 0.4) is 0 Å². The molecule has 1 saturated heterocycles. The second kappa shape index (κ2) is 11.0.